The van der Waals surface area contributed by atoms with Crippen LogP contribution >= 0.6 is 27.5 Å². The lowest BCUT2D eigenvalue weighted by molar-refractivity contribution is -0.117. The van der Waals surface area contributed by atoms with E-state index >= 15 is 0 Å². The lowest BCUT2D eigenvalue weighted by atomic mass is 10.1. The largest absolute Gasteiger partial charge is 0.484 e. The normalized spacial score (nSPS) is 13.2. The summed E-state index contributed by atoms with van der Waals surface area (Å²) in [7, 11) is 1.73. The van der Waals surface area contributed by atoms with Gasteiger partial charge in [-0.15, -0.1) is 0 Å². The molecular weight excluding hydrogens is 382 g/mol. The average Bonchev–Trinajstić information content (AvgIpc) is 2.80. The number of ketones is 1. The number of hydrogen-bond acceptors (Lipinski definition) is 3. The van der Waals surface area contributed by atoms with Crippen LogP contribution < -0.4 is 9.64 Å². The third-order valence-corrected chi connectivity index (χ3v) is 4.59. The van der Waals surface area contributed by atoms with E-state index in [1.54, 1.807) is 48.3 Å². The number of nitrogens with zero attached hydrogens (tertiary/aromatic N) is 1. The molecule has 118 valence electrons. The maximum atomic E-state index is 12.3. The fraction of sp³-hybridized carbons (Fsp3) is 0.176. The van der Waals surface area contributed by atoms with Gasteiger partial charge in [0.1, 0.15) is 5.75 Å². The third-order valence-electron chi connectivity index (χ3n) is 3.73. The molecule has 0 spiro atoms. The second-order valence-electron chi connectivity index (χ2n) is 5.26. The highest BCUT2D eigenvalue weighted by Gasteiger charge is 2.24. The van der Waals surface area contributed by atoms with Crippen molar-refractivity contribution >= 4 is 44.9 Å². The van der Waals surface area contributed by atoms with Gasteiger partial charge < -0.3 is 9.64 Å². The first-order valence-corrected chi connectivity index (χ1v) is 8.13. The predicted molar refractivity (Wildman–Crippen MR) is 92.5 cm³/mol. The number of Topliss-reactive ketones (excluding diaryl/α,β-unsaturated/α-hetero) is 1. The predicted octanol–water partition coefficient (Wildman–Crippen LogP) is 3.88. The lowest BCUT2D eigenvalue weighted by Crippen LogP contribution is -2.20. The number of rotatable bonds is 4. The van der Waals surface area contributed by atoms with Gasteiger partial charge in [0, 0.05) is 23.3 Å². The zero-order chi connectivity index (χ0) is 16.6. The van der Waals surface area contributed by atoms with Crippen molar-refractivity contribution in [3.8, 4) is 5.75 Å². The van der Waals surface area contributed by atoms with Crippen LogP contribution in [0.15, 0.2) is 40.9 Å². The molecule has 1 heterocycles. The summed E-state index contributed by atoms with van der Waals surface area (Å²) in [5.74, 6) is 0.446. The zero-order valence-electron chi connectivity index (χ0n) is 12.3. The minimum atomic E-state index is -0.142. The molecule has 6 heteroatoms. The summed E-state index contributed by atoms with van der Waals surface area (Å²) in [6, 6.07) is 10.4. The molecule has 0 atom stereocenters. The molecule has 4 nitrogen and oxygen atoms in total. The maximum Gasteiger partial charge on any atom is 0.231 e. The van der Waals surface area contributed by atoms with Crippen molar-refractivity contribution in [2.45, 2.75) is 6.42 Å². The van der Waals surface area contributed by atoms with Crippen molar-refractivity contribution in [3.63, 3.8) is 0 Å². The molecule has 1 amide bonds. The maximum absolute atomic E-state index is 12.3. The minimum Gasteiger partial charge on any atom is -0.484 e. The highest BCUT2D eigenvalue weighted by molar-refractivity contribution is 9.10. The topological polar surface area (TPSA) is 46.6 Å². The van der Waals surface area contributed by atoms with Crippen LogP contribution in [0.2, 0.25) is 5.02 Å². The van der Waals surface area contributed by atoms with Crippen molar-refractivity contribution < 1.29 is 14.3 Å². The van der Waals surface area contributed by atoms with Crippen LogP contribution in [0.1, 0.15) is 15.9 Å². The second-order valence-corrected chi connectivity index (χ2v) is 6.55. The lowest BCUT2D eigenvalue weighted by Gasteiger charge is -2.11. The summed E-state index contributed by atoms with van der Waals surface area (Å²) >= 11 is 9.21. The van der Waals surface area contributed by atoms with E-state index < -0.39 is 0 Å². The van der Waals surface area contributed by atoms with E-state index in [9.17, 15) is 9.59 Å². The third kappa shape index (κ3) is 3.26. The number of hydrogen-bond donors (Lipinski definition) is 0. The van der Waals surface area contributed by atoms with Gasteiger partial charge in [-0.3, -0.25) is 9.59 Å². The van der Waals surface area contributed by atoms with Gasteiger partial charge >= 0.3 is 0 Å². The van der Waals surface area contributed by atoms with Crippen LogP contribution in [-0.2, 0) is 11.2 Å². The molecule has 1 aliphatic heterocycles. The Balaban J connectivity index is 1.72. The van der Waals surface area contributed by atoms with Gasteiger partial charge in [0.2, 0.25) is 5.91 Å². The molecule has 0 saturated heterocycles. The molecule has 0 bridgehead atoms. The fourth-order valence-corrected chi connectivity index (χ4v) is 3.26. The quantitative estimate of drug-likeness (QED) is 0.739. The Hall–Kier alpha value is -1.85. The fourth-order valence-electron chi connectivity index (χ4n) is 2.46. The molecule has 0 saturated carbocycles. The monoisotopic (exact) mass is 393 g/mol. The molecule has 3 rings (SSSR count). The van der Waals surface area contributed by atoms with Crippen LogP contribution in [0, 0.1) is 0 Å². The Morgan fingerprint density at radius 1 is 1.30 bits per heavy atom. The van der Waals surface area contributed by atoms with Gasteiger partial charge in [0.15, 0.2) is 12.4 Å². The van der Waals surface area contributed by atoms with Crippen molar-refractivity contribution in [2.75, 3.05) is 18.6 Å². The van der Waals surface area contributed by atoms with Crippen molar-refractivity contribution in [1.29, 1.82) is 0 Å². The summed E-state index contributed by atoms with van der Waals surface area (Å²) in [5.41, 5.74) is 2.26. The molecule has 2 aromatic carbocycles. The number of carbonyl (C=O) groups excluding carboxylic acids is 2. The Morgan fingerprint density at radius 2 is 2.09 bits per heavy atom. The van der Waals surface area contributed by atoms with Crippen molar-refractivity contribution in [3.05, 3.63) is 57.0 Å². The number of fused-ring (bicyclic) bond motifs is 1. The SMILES string of the molecule is CN1C(=O)Cc2cc(C(=O)COc3ccc(Cl)cc3Br)ccc21. The Morgan fingerprint density at radius 3 is 2.83 bits per heavy atom. The first-order valence-electron chi connectivity index (χ1n) is 6.96. The smallest absolute Gasteiger partial charge is 0.231 e. The summed E-state index contributed by atoms with van der Waals surface area (Å²) < 4.78 is 6.23. The number of carbonyl (C=O) groups is 2. The first-order chi connectivity index (χ1) is 11.0. The first kappa shape index (κ1) is 16.0. The van der Waals surface area contributed by atoms with Crippen LogP contribution in [-0.4, -0.2) is 25.3 Å². The second kappa shape index (κ2) is 6.34. The molecule has 2 aromatic rings. The number of anilines is 1. The number of halogens is 2. The van der Waals surface area contributed by atoms with E-state index in [-0.39, 0.29) is 18.3 Å². The van der Waals surface area contributed by atoms with Crippen molar-refractivity contribution in [2.24, 2.45) is 0 Å². The van der Waals surface area contributed by atoms with Crippen LogP contribution in [0.3, 0.4) is 0 Å². The van der Waals surface area contributed by atoms with Gasteiger partial charge in [0.25, 0.3) is 0 Å². The van der Waals surface area contributed by atoms with Gasteiger partial charge in [0.05, 0.1) is 10.9 Å². The molecule has 0 radical (unpaired) electrons. The molecule has 23 heavy (non-hydrogen) atoms. The van der Waals surface area contributed by atoms with Crippen molar-refractivity contribution in [1.82, 2.24) is 0 Å². The van der Waals surface area contributed by atoms with Crippen LogP contribution in [0.5, 0.6) is 5.75 Å². The van der Waals surface area contributed by atoms with E-state index in [0.717, 1.165) is 11.3 Å². The Bertz CT molecular complexity index is 806. The summed E-state index contributed by atoms with van der Waals surface area (Å²) in [4.78, 5) is 25.6. The molecule has 0 aliphatic carbocycles. The number of amides is 1. The van der Waals surface area contributed by atoms with Gasteiger partial charge in [-0.05, 0) is 57.9 Å². The molecule has 0 fully saturated rings. The van der Waals surface area contributed by atoms with E-state index in [1.807, 2.05) is 0 Å². The van der Waals surface area contributed by atoms with Crippen LogP contribution in [0.4, 0.5) is 5.69 Å². The van der Waals surface area contributed by atoms with E-state index in [0.29, 0.717) is 27.2 Å². The van der Waals surface area contributed by atoms with E-state index in [1.165, 1.54) is 0 Å². The van der Waals surface area contributed by atoms with E-state index in [4.69, 9.17) is 16.3 Å². The van der Waals surface area contributed by atoms with Gasteiger partial charge in [-0.1, -0.05) is 11.6 Å². The molecule has 0 N–H and O–H groups in total. The summed E-state index contributed by atoms with van der Waals surface area (Å²) in [6.45, 7) is -0.0806. The number of likely N-dealkylation sites (N-methyl/N-ethyl adjacent to an activating group) is 1. The van der Waals surface area contributed by atoms with Gasteiger partial charge in [-0.25, -0.2) is 0 Å². The highest BCUT2D eigenvalue weighted by atomic mass is 79.9. The number of benzene rings is 2. The Labute approximate surface area is 147 Å². The van der Waals surface area contributed by atoms with E-state index in [2.05, 4.69) is 15.9 Å². The molecule has 0 aromatic heterocycles. The Kier molecular flexibility index (Phi) is 4.41. The molecular formula is C17H13BrClNO3. The summed E-state index contributed by atoms with van der Waals surface area (Å²) in [6.07, 6.45) is 0.330. The van der Waals surface area contributed by atoms with Gasteiger partial charge in [-0.2, -0.15) is 0 Å². The standard InChI is InChI=1S/C17H13BrClNO3/c1-20-14-4-2-10(6-11(14)7-17(20)22)15(21)9-23-16-5-3-12(19)8-13(16)18/h2-6,8H,7,9H2,1H3. The zero-order valence-corrected chi connectivity index (χ0v) is 14.6. The molecule has 0 unspecified atom stereocenters. The average molecular weight is 395 g/mol. The number of ether oxygens (including phenoxy) is 1. The summed E-state index contributed by atoms with van der Waals surface area (Å²) in [5, 5.41) is 0.586. The van der Waals surface area contributed by atoms with Crippen LogP contribution in [0.25, 0.3) is 0 Å². The molecule has 1 aliphatic rings. The highest BCUT2D eigenvalue weighted by Crippen LogP contribution is 2.30. The minimum absolute atomic E-state index is 0.0333.